The van der Waals surface area contributed by atoms with Crippen LogP contribution in [0, 0.1) is 13.8 Å². The maximum Gasteiger partial charge on any atom is 0.264 e. The van der Waals surface area contributed by atoms with Crippen molar-refractivity contribution in [3.63, 3.8) is 0 Å². The Hall–Kier alpha value is -3.85. The lowest BCUT2D eigenvalue weighted by molar-refractivity contribution is -0.139. The van der Waals surface area contributed by atoms with Gasteiger partial charge in [0.1, 0.15) is 18.3 Å². The van der Waals surface area contributed by atoms with Crippen molar-refractivity contribution in [1.29, 1.82) is 0 Å². The molecule has 0 saturated heterocycles. The van der Waals surface area contributed by atoms with Crippen LogP contribution < -0.4 is 14.4 Å². The zero-order valence-corrected chi connectivity index (χ0v) is 24.2. The Kier molecular flexibility index (Phi) is 9.75. The van der Waals surface area contributed by atoms with Crippen LogP contribution in [0.1, 0.15) is 37.5 Å². The van der Waals surface area contributed by atoms with E-state index in [4.69, 9.17) is 4.74 Å². The van der Waals surface area contributed by atoms with E-state index in [9.17, 15) is 18.0 Å². The Morgan fingerprint density at radius 2 is 1.51 bits per heavy atom. The van der Waals surface area contributed by atoms with Crippen molar-refractivity contribution in [2.75, 3.05) is 18.0 Å². The number of amides is 2. The summed E-state index contributed by atoms with van der Waals surface area (Å²) in [4.78, 5) is 28.5. The lowest BCUT2D eigenvalue weighted by atomic mass is 10.1. The molecule has 208 valence electrons. The summed E-state index contributed by atoms with van der Waals surface area (Å²) < 4.78 is 34.4. The zero-order chi connectivity index (χ0) is 28.7. The molecule has 0 fully saturated rings. The first kappa shape index (κ1) is 29.7. The van der Waals surface area contributed by atoms with E-state index >= 15 is 0 Å². The topological polar surface area (TPSA) is 96.0 Å². The molecule has 0 unspecified atom stereocenters. The third-order valence-electron chi connectivity index (χ3n) is 6.28. The second kappa shape index (κ2) is 12.8. The van der Waals surface area contributed by atoms with E-state index in [1.165, 1.54) is 24.1 Å². The summed E-state index contributed by atoms with van der Waals surface area (Å²) in [6, 6.07) is 19.8. The molecule has 0 aliphatic rings. The smallest absolute Gasteiger partial charge is 0.264 e. The van der Waals surface area contributed by atoms with E-state index in [2.05, 4.69) is 5.32 Å². The lowest BCUT2D eigenvalue weighted by Crippen LogP contribution is -2.52. The predicted octanol–water partition coefficient (Wildman–Crippen LogP) is 4.45. The molecular formula is C30H37N3O5S. The van der Waals surface area contributed by atoms with Gasteiger partial charge in [-0.15, -0.1) is 0 Å². The molecule has 3 aromatic carbocycles. The number of nitrogens with one attached hydrogen (secondary N) is 1. The van der Waals surface area contributed by atoms with Gasteiger partial charge in [0.15, 0.2) is 0 Å². The number of rotatable bonds is 11. The van der Waals surface area contributed by atoms with Gasteiger partial charge in [-0.3, -0.25) is 13.9 Å². The van der Waals surface area contributed by atoms with Gasteiger partial charge in [0.2, 0.25) is 11.8 Å². The first-order chi connectivity index (χ1) is 18.4. The quantitative estimate of drug-likeness (QED) is 0.380. The first-order valence-corrected chi connectivity index (χ1v) is 14.3. The van der Waals surface area contributed by atoms with Gasteiger partial charge in [-0.1, -0.05) is 54.1 Å². The molecule has 1 N–H and O–H groups in total. The van der Waals surface area contributed by atoms with Crippen LogP contribution in [-0.4, -0.2) is 50.9 Å². The third-order valence-corrected chi connectivity index (χ3v) is 8.06. The van der Waals surface area contributed by atoms with Crippen LogP contribution in [-0.2, 0) is 26.2 Å². The molecular weight excluding hydrogens is 514 g/mol. The second-order valence-corrected chi connectivity index (χ2v) is 11.7. The number of nitrogens with zero attached hydrogens (tertiary/aromatic N) is 2. The number of methoxy groups -OCH3 is 1. The molecule has 0 aromatic heterocycles. The van der Waals surface area contributed by atoms with Crippen molar-refractivity contribution in [2.24, 2.45) is 0 Å². The van der Waals surface area contributed by atoms with Gasteiger partial charge < -0.3 is 15.0 Å². The molecule has 3 rings (SSSR count). The molecule has 0 spiro atoms. The molecule has 0 radical (unpaired) electrons. The van der Waals surface area contributed by atoms with Gasteiger partial charge in [0.05, 0.1) is 17.7 Å². The molecule has 0 bridgehead atoms. The van der Waals surface area contributed by atoms with E-state index in [1.807, 2.05) is 52.0 Å². The van der Waals surface area contributed by atoms with Gasteiger partial charge in [-0.05, 0) is 70.0 Å². The molecule has 39 heavy (non-hydrogen) atoms. The fraction of sp³-hybridized carbons (Fsp3) is 0.333. The van der Waals surface area contributed by atoms with Gasteiger partial charge in [-0.2, -0.15) is 0 Å². The van der Waals surface area contributed by atoms with Crippen molar-refractivity contribution >= 4 is 27.5 Å². The summed E-state index contributed by atoms with van der Waals surface area (Å²) in [6.07, 6.45) is 0. The molecule has 3 aromatic rings. The molecule has 0 heterocycles. The number of hydrogen-bond donors (Lipinski definition) is 1. The molecule has 0 aliphatic heterocycles. The molecule has 1 atom stereocenters. The fourth-order valence-electron chi connectivity index (χ4n) is 4.11. The number of ether oxygens (including phenoxy) is 1. The van der Waals surface area contributed by atoms with Gasteiger partial charge in [0, 0.05) is 12.6 Å². The standard InChI is InChI=1S/C30H37N3O5S/c1-21(2)31-30(35)24(5)32(19-25-15-12-22(3)13-16-25)29(34)20-33(27-18-23(4)14-17-28(27)38-6)39(36,37)26-10-8-7-9-11-26/h7-18,21,24H,19-20H2,1-6H3,(H,31,35)/t24-/m1/s1. The largest absolute Gasteiger partial charge is 0.495 e. The monoisotopic (exact) mass is 551 g/mol. The van der Waals surface area contributed by atoms with E-state index in [0.29, 0.717) is 5.75 Å². The van der Waals surface area contributed by atoms with Crippen LogP contribution in [0.3, 0.4) is 0 Å². The van der Waals surface area contributed by atoms with Crippen molar-refractivity contribution in [2.45, 2.75) is 58.1 Å². The van der Waals surface area contributed by atoms with Crippen LogP contribution in [0.15, 0.2) is 77.7 Å². The lowest BCUT2D eigenvalue weighted by Gasteiger charge is -2.32. The number of hydrogen-bond acceptors (Lipinski definition) is 5. The van der Waals surface area contributed by atoms with Crippen molar-refractivity contribution in [3.8, 4) is 5.75 Å². The fourth-order valence-corrected chi connectivity index (χ4v) is 5.54. The summed E-state index contributed by atoms with van der Waals surface area (Å²) in [5.41, 5.74) is 2.93. The minimum absolute atomic E-state index is 0.0389. The Balaban J connectivity index is 2.08. The Morgan fingerprint density at radius 3 is 2.10 bits per heavy atom. The van der Waals surface area contributed by atoms with E-state index < -0.39 is 28.5 Å². The second-order valence-electron chi connectivity index (χ2n) is 9.85. The summed E-state index contributed by atoms with van der Waals surface area (Å²) in [7, 11) is -2.72. The van der Waals surface area contributed by atoms with Crippen molar-refractivity contribution in [1.82, 2.24) is 10.2 Å². The Labute approximate surface area is 231 Å². The highest BCUT2D eigenvalue weighted by atomic mass is 32.2. The summed E-state index contributed by atoms with van der Waals surface area (Å²) in [6.45, 7) is 8.74. The number of aryl methyl sites for hydroxylation is 2. The highest BCUT2D eigenvalue weighted by molar-refractivity contribution is 7.92. The van der Waals surface area contributed by atoms with Crippen LogP contribution in [0.25, 0.3) is 0 Å². The number of carbonyl (C=O) groups excluding carboxylic acids is 2. The summed E-state index contributed by atoms with van der Waals surface area (Å²) >= 11 is 0. The van der Waals surface area contributed by atoms with Crippen LogP contribution in [0.4, 0.5) is 5.69 Å². The summed E-state index contributed by atoms with van der Waals surface area (Å²) in [5.74, 6) is -0.537. The van der Waals surface area contributed by atoms with Gasteiger partial charge in [0.25, 0.3) is 10.0 Å². The minimum atomic E-state index is -4.17. The molecule has 2 amide bonds. The average molecular weight is 552 g/mol. The maximum absolute atomic E-state index is 14.0. The van der Waals surface area contributed by atoms with Crippen LogP contribution in [0.2, 0.25) is 0 Å². The summed E-state index contributed by atoms with van der Waals surface area (Å²) in [5, 5.41) is 2.85. The normalized spacial score (nSPS) is 12.1. The number of benzene rings is 3. The zero-order valence-electron chi connectivity index (χ0n) is 23.3. The van der Waals surface area contributed by atoms with E-state index in [0.717, 1.165) is 21.0 Å². The van der Waals surface area contributed by atoms with Crippen molar-refractivity contribution in [3.05, 3.63) is 89.5 Å². The van der Waals surface area contributed by atoms with Crippen molar-refractivity contribution < 1.29 is 22.7 Å². The molecule has 8 nitrogen and oxygen atoms in total. The minimum Gasteiger partial charge on any atom is -0.495 e. The molecule has 0 aliphatic carbocycles. The average Bonchev–Trinajstić information content (AvgIpc) is 2.90. The number of sulfonamides is 1. The first-order valence-electron chi connectivity index (χ1n) is 12.8. The molecule has 0 saturated carbocycles. The predicted molar refractivity (Wildman–Crippen MR) is 153 cm³/mol. The molecule has 9 heteroatoms. The van der Waals surface area contributed by atoms with E-state index in [-0.39, 0.29) is 29.1 Å². The van der Waals surface area contributed by atoms with Crippen LogP contribution in [0.5, 0.6) is 5.75 Å². The highest BCUT2D eigenvalue weighted by Gasteiger charge is 2.34. The van der Waals surface area contributed by atoms with Crippen LogP contribution >= 0.6 is 0 Å². The third kappa shape index (κ3) is 7.38. The number of anilines is 1. The Morgan fingerprint density at radius 1 is 0.897 bits per heavy atom. The maximum atomic E-state index is 14.0. The number of carbonyl (C=O) groups is 2. The SMILES string of the molecule is COc1ccc(C)cc1N(CC(=O)N(Cc1ccc(C)cc1)[C@H](C)C(=O)NC(C)C)S(=O)(=O)c1ccccc1. The van der Waals surface area contributed by atoms with E-state index in [1.54, 1.807) is 43.3 Å². The highest BCUT2D eigenvalue weighted by Crippen LogP contribution is 2.33. The van der Waals surface area contributed by atoms with Gasteiger partial charge in [-0.25, -0.2) is 8.42 Å². The Bertz CT molecular complexity index is 1390. The van der Waals surface area contributed by atoms with Gasteiger partial charge >= 0.3 is 0 Å².